The lowest BCUT2D eigenvalue weighted by Crippen LogP contribution is -2.45. The summed E-state index contributed by atoms with van der Waals surface area (Å²) in [5, 5.41) is 6.90. The molecule has 1 fully saturated rings. The first-order valence-corrected chi connectivity index (χ1v) is 11.5. The van der Waals surface area contributed by atoms with Gasteiger partial charge >= 0.3 is 6.09 Å². The summed E-state index contributed by atoms with van der Waals surface area (Å²) in [7, 11) is 3.29. The van der Waals surface area contributed by atoms with Crippen LogP contribution in [0, 0.1) is 0 Å². The molecule has 1 saturated heterocycles. The van der Waals surface area contributed by atoms with Crippen molar-refractivity contribution in [3.63, 3.8) is 0 Å². The maximum atomic E-state index is 12.2. The second kappa shape index (κ2) is 10.6. The molecule has 1 aliphatic heterocycles. The van der Waals surface area contributed by atoms with E-state index in [0.29, 0.717) is 18.3 Å². The summed E-state index contributed by atoms with van der Waals surface area (Å²) in [4.78, 5) is 21.4. The van der Waals surface area contributed by atoms with Crippen molar-refractivity contribution in [3.8, 4) is 11.5 Å². The average molecular weight is 476 g/mol. The molecule has 0 saturated carbocycles. The van der Waals surface area contributed by atoms with Crippen LogP contribution in [0.2, 0.25) is 0 Å². The summed E-state index contributed by atoms with van der Waals surface area (Å²) in [6.45, 7) is 14.2. The Labute approximate surface area is 201 Å². The highest BCUT2D eigenvalue weighted by molar-refractivity contribution is 5.68. The topological polar surface area (TPSA) is 102 Å². The van der Waals surface area contributed by atoms with Crippen molar-refractivity contribution in [1.82, 2.24) is 25.3 Å². The van der Waals surface area contributed by atoms with Crippen LogP contribution in [0.5, 0.6) is 11.5 Å². The van der Waals surface area contributed by atoms with Gasteiger partial charge < -0.3 is 24.1 Å². The fraction of sp³-hybridized carbons (Fsp3) is 0.625. The number of carbonyl (C=O) groups excluding carboxylic acids is 1. The van der Waals surface area contributed by atoms with Crippen LogP contribution in [0.3, 0.4) is 0 Å². The van der Waals surface area contributed by atoms with Crippen molar-refractivity contribution >= 4 is 6.09 Å². The SMILES string of the molecule is COc1ccc(CN2CCN(Cc3nc(C(C)(C)NC(=O)OC(C)(C)C)no3)CC2)cc1OC. The Hall–Kier alpha value is -2.85. The van der Waals surface area contributed by atoms with Gasteiger partial charge in [0.05, 0.1) is 20.8 Å². The first-order chi connectivity index (χ1) is 16.0. The van der Waals surface area contributed by atoms with E-state index in [1.807, 2.05) is 46.8 Å². The number of carbonyl (C=O) groups is 1. The van der Waals surface area contributed by atoms with Gasteiger partial charge in [0, 0.05) is 32.7 Å². The van der Waals surface area contributed by atoms with E-state index in [9.17, 15) is 4.79 Å². The molecular formula is C24H37N5O5. The smallest absolute Gasteiger partial charge is 0.408 e. The maximum absolute atomic E-state index is 12.2. The molecule has 0 radical (unpaired) electrons. The molecule has 10 heteroatoms. The molecule has 34 heavy (non-hydrogen) atoms. The summed E-state index contributed by atoms with van der Waals surface area (Å²) < 4.78 is 21.5. The quantitative estimate of drug-likeness (QED) is 0.617. The lowest BCUT2D eigenvalue weighted by atomic mass is 10.1. The summed E-state index contributed by atoms with van der Waals surface area (Å²) in [5.41, 5.74) is -0.209. The Balaban J connectivity index is 1.50. The maximum Gasteiger partial charge on any atom is 0.408 e. The van der Waals surface area contributed by atoms with Gasteiger partial charge in [-0.2, -0.15) is 4.98 Å². The molecule has 3 rings (SSSR count). The van der Waals surface area contributed by atoms with Crippen molar-refractivity contribution in [2.75, 3.05) is 40.4 Å². The number of nitrogens with one attached hydrogen (secondary N) is 1. The van der Waals surface area contributed by atoms with Gasteiger partial charge in [-0.05, 0) is 52.3 Å². The number of amides is 1. The number of piperazine rings is 1. The van der Waals surface area contributed by atoms with E-state index >= 15 is 0 Å². The molecule has 0 bridgehead atoms. The first-order valence-electron chi connectivity index (χ1n) is 11.5. The average Bonchev–Trinajstić information content (AvgIpc) is 3.23. The van der Waals surface area contributed by atoms with Crippen LogP contribution >= 0.6 is 0 Å². The van der Waals surface area contributed by atoms with E-state index in [-0.39, 0.29) is 0 Å². The fourth-order valence-corrected chi connectivity index (χ4v) is 3.72. The number of aromatic nitrogens is 2. The first kappa shape index (κ1) is 25.8. The van der Waals surface area contributed by atoms with Gasteiger partial charge in [-0.15, -0.1) is 0 Å². The van der Waals surface area contributed by atoms with E-state index in [4.69, 9.17) is 18.7 Å². The van der Waals surface area contributed by atoms with Crippen molar-refractivity contribution in [2.24, 2.45) is 0 Å². The molecule has 0 spiro atoms. The molecule has 1 amide bonds. The largest absolute Gasteiger partial charge is 0.493 e. The van der Waals surface area contributed by atoms with E-state index < -0.39 is 17.2 Å². The highest BCUT2D eigenvalue weighted by Gasteiger charge is 2.31. The monoisotopic (exact) mass is 475 g/mol. The molecule has 2 heterocycles. The van der Waals surface area contributed by atoms with Crippen molar-refractivity contribution in [2.45, 2.75) is 58.8 Å². The predicted molar refractivity (Wildman–Crippen MR) is 127 cm³/mol. The van der Waals surface area contributed by atoms with Crippen LogP contribution in [-0.2, 0) is 23.4 Å². The molecule has 1 aliphatic rings. The standard InChI is InChI=1S/C24H37N5O5/c1-23(2,3)33-22(30)26-24(4,5)21-25-20(34-27-21)16-29-12-10-28(11-13-29)15-17-8-9-18(31-6)19(14-17)32-7/h8-9,14H,10-13,15-16H2,1-7H3,(H,26,30). The van der Waals surface area contributed by atoms with Gasteiger partial charge in [0.25, 0.3) is 0 Å². The third kappa shape index (κ3) is 7.07. The highest BCUT2D eigenvalue weighted by atomic mass is 16.6. The predicted octanol–water partition coefficient (Wildman–Crippen LogP) is 3.16. The number of hydrogen-bond donors (Lipinski definition) is 1. The lowest BCUT2D eigenvalue weighted by Gasteiger charge is -2.34. The molecule has 0 atom stereocenters. The number of hydrogen-bond acceptors (Lipinski definition) is 9. The second-order valence-electron chi connectivity index (χ2n) is 10.0. The summed E-state index contributed by atoms with van der Waals surface area (Å²) in [6.07, 6.45) is -0.519. The van der Waals surface area contributed by atoms with Crippen molar-refractivity contribution in [1.29, 1.82) is 0 Å². The number of alkyl carbamates (subject to hydrolysis) is 1. The molecule has 0 aliphatic carbocycles. The zero-order valence-electron chi connectivity index (χ0n) is 21.3. The number of benzene rings is 1. The van der Waals surface area contributed by atoms with Gasteiger partial charge in [0.2, 0.25) is 5.89 Å². The Morgan fingerprint density at radius 2 is 1.62 bits per heavy atom. The van der Waals surface area contributed by atoms with Gasteiger partial charge in [-0.25, -0.2) is 4.79 Å². The highest BCUT2D eigenvalue weighted by Crippen LogP contribution is 2.28. The van der Waals surface area contributed by atoms with Gasteiger partial charge in [-0.3, -0.25) is 9.80 Å². The molecule has 188 valence electrons. The number of methoxy groups -OCH3 is 2. The van der Waals surface area contributed by atoms with E-state index in [1.165, 1.54) is 5.56 Å². The number of rotatable bonds is 8. The zero-order valence-corrected chi connectivity index (χ0v) is 21.3. The van der Waals surface area contributed by atoms with Crippen LogP contribution in [-0.4, -0.2) is 72.0 Å². The van der Waals surface area contributed by atoms with Gasteiger partial charge in [0.15, 0.2) is 17.3 Å². The Morgan fingerprint density at radius 1 is 1.00 bits per heavy atom. The molecule has 0 unspecified atom stereocenters. The number of nitrogens with zero attached hydrogens (tertiary/aromatic N) is 4. The Bertz CT molecular complexity index is 961. The third-order valence-electron chi connectivity index (χ3n) is 5.52. The molecule has 1 aromatic carbocycles. The molecule has 1 N–H and O–H groups in total. The summed E-state index contributed by atoms with van der Waals surface area (Å²) >= 11 is 0. The molecule has 10 nitrogen and oxygen atoms in total. The van der Waals surface area contributed by atoms with Crippen molar-refractivity contribution in [3.05, 3.63) is 35.5 Å². The van der Waals surface area contributed by atoms with Gasteiger partial charge in [0.1, 0.15) is 11.1 Å². The summed E-state index contributed by atoms with van der Waals surface area (Å²) in [6, 6.07) is 6.04. The fourth-order valence-electron chi connectivity index (χ4n) is 3.72. The molecule has 1 aromatic heterocycles. The Kier molecular flexibility index (Phi) is 8.04. The minimum absolute atomic E-state index is 0.417. The minimum Gasteiger partial charge on any atom is -0.493 e. The zero-order chi connectivity index (χ0) is 24.9. The third-order valence-corrected chi connectivity index (χ3v) is 5.52. The molecule has 2 aromatic rings. The van der Waals surface area contributed by atoms with Crippen LogP contribution in [0.4, 0.5) is 4.79 Å². The van der Waals surface area contributed by atoms with Crippen LogP contribution < -0.4 is 14.8 Å². The van der Waals surface area contributed by atoms with Crippen LogP contribution in [0.15, 0.2) is 22.7 Å². The second-order valence-corrected chi connectivity index (χ2v) is 10.0. The van der Waals surface area contributed by atoms with Crippen LogP contribution in [0.25, 0.3) is 0 Å². The lowest BCUT2D eigenvalue weighted by molar-refractivity contribution is 0.0465. The summed E-state index contributed by atoms with van der Waals surface area (Å²) in [5.74, 6) is 2.43. The molecular weight excluding hydrogens is 438 g/mol. The van der Waals surface area contributed by atoms with E-state index in [2.05, 4.69) is 31.3 Å². The number of ether oxygens (including phenoxy) is 3. The van der Waals surface area contributed by atoms with E-state index in [0.717, 1.165) is 44.2 Å². The van der Waals surface area contributed by atoms with Crippen LogP contribution in [0.1, 0.15) is 51.9 Å². The minimum atomic E-state index is -0.817. The normalized spacial score (nSPS) is 15.7. The Morgan fingerprint density at radius 3 is 2.21 bits per heavy atom. The van der Waals surface area contributed by atoms with E-state index in [1.54, 1.807) is 14.2 Å². The van der Waals surface area contributed by atoms with Crippen molar-refractivity contribution < 1.29 is 23.5 Å². The van der Waals surface area contributed by atoms with Gasteiger partial charge in [-0.1, -0.05) is 11.2 Å².